The highest BCUT2D eigenvalue weighted by molar-refractivity contribution is 7.89. The Kier molecular flexibility index (Phi) is 8.17. The quantitative estimate of drug-likeness (QED) is 0.496. The fourth-order valence-corrected chi connectivity index (χ4v) is 6.39. The number of benzene rings is 2. The molecule has 0 aliphatic carbocycles. The van der Waals surface area contributed by atoms with E-state index in [2.05, 4.69) is 5.32 Å². The van der Waals surface area contributed by atoms with E-state index in [-0.39, 0.29) is 35.2 Å². The highest BCUT2D eigenvalue weighted by Crippen LogP contribution is 2.35. The van der Waals surface area contributed by atoms with E-state index in [0.29, 0.717) is 25.3 Å². The highest BCUT2D eigenvalue weighted by Gasteiger charge is 2.31. The van der Waals surface area contributed by atoms with E-state index < -0.39 is 31.9 Å². The maximum Gasteiger partial charge on any atom is 0.265 e. The molecule has 2 aliphatic heterocycles. The fraction of sp³-hybridized carbons (Fsp3) is 0.417. The van der Waals surface area contributed by atoms with Crippen molar-refractivity contribution in [3.63, 3.8) is 0 Å². The molecule has 13 heteroatoms. The van der Waals surface area contributed by atoms with Crippen molar-refractivity contribution in [2.45, 2.75) is 41.9 Å². The van der Waals surface area contributed by atoms with Crippen LogP contribution in [0.2, 0.25) is 0 Å². The molecule has 2 aromatic rings. The molecule has 11 nitrogen and oxygen atoms in total. The first-order valence-corrected chi connectivity index (χ1v) is 15.0. The number of fused-ring (bicyclic) bond motifs is 1. The Morgan fingerprint density at radius 1 is 0.946 bits per heavy atom. The van der Waals surface area contributed by atoms with Crippen molar-refractivity contribution in [1.82, 2.24) is 9.62 Å². The zero-order chi connectivity index (χ0) is 26.6. The number of primary sulfonamides is 1. The molecule has 1 saturated heterocycles. The molecule has 0 bridgehead atoms. The van der Waals surface area contributed by atoms with Crippen LogP contribution < -0.4 is 20.1 Å². The Hall–Kier alpha value is -3.00. The molecule has 0 radical (unpaired) electrons. The van der Waals surface area contributed by atoms with Gasteiger partial charge in [0.2, 0.25) is 26.0 Å². The van der Waals surface area contributed by atoms with Crippen molar-refractivity contribution < 1.29 is 31.2 Å². The summed E-state index contributed by atoms with van der Waals surface area (Å²) in [4.78, 5) is 26.5. The van der Waals surface area contributed by atoms with E-state index in [1.54, 1.807) is 12.1 Å². The Morgan fingerprint density at radius 2 is 1.59 bits per heavy atom. The first-order valence-electron chi connectivity index (χ1n) is 12.0. The monoisotopic (exact) mass is 550 g/mol. The standard InChI is InChI=1S/C24H30N4O7S2/c25-36(31,32)19-7-5-18(6-8-19)11-12-26-23(29)16-28-21-15-20(9-10-22(21)35-17-24(28)30)37(33,34)27-13-3-1-2-4-14-27/h5-10,15H,1-4,11-14,16-17H2,(H,26,29)(H2,25,31,32). The molecular formula is C24H30N4O7S2. The summed E-state index contributed by atoms with van der Waals surface area (Å²) in [5, 5.41) is 7.83. The van der Waals surface area contributed by atoms with Crippen LogP contribution in [0.4, 0.5) is 5.69 Å². The van der Waals surface area contributed by atoms with Crippen molar-refractivity contribution in [2.75, 3.05) is 37.7 Å². The third kappa shape index (κ3) is 6.47. The van der Waals surface area contributed by atoms with Crippen LogP contribution in [-0.4, -0.2) is 65.7 Å². The predicted octanol–water partition coefficient (Wildman–Crippen LogP) is 0.983. The molecule has 2 aliphatic rings. The fourth-order valence-electron chi connectivity index (χ4n) is 4.34. The zero-order valence-electron chi connectivity index (χ0n) is 20.3. The lowest BCUT2D eigenvalue weighted by Crippen LogP contribution is -2.45. The lowest BCUT2D eigenvalue weighted by atomic mass is 10.1. The van der Waals surface area contributed by atoms with E-state index in [9.17, 15) is 26.4 Å². The average Bonchev–Trinajstić information content (AvgIpc) is 3.16. The van der Waals surface area contributed by atoms with E-state index in [0.717, 1.165) is 31.2 Å². The summed E-state index contributed by atoms with van der Waals surface area (Å²) >= 11 is 0. The Morgan fingerprint density at radius 3 is 2.24 bits per heavy atom. The highest BCUT2D eigenvalue weighted by atomic mass is 32.2. The molecule has 0 aromatic heterocycles. The van der Waals surface area contributed by atoms with Crippen molar-refractivity contribution in [3.05, 3.63) is 48.0 Å². The molecule has 200 valence electrons. The molecule has 2 aromatic carbocycles. The van der Waals surface area contributed by atoms with Gasteiger partial charge in [0.1, 0.15) is 12.3 Å². The van der Waals surface area contributed by atoms with Gasteiger partial charge < -0.3 is 10.1 Å². The van der Waals surface area contributed by atoms with Crippen molar-refractivity contribution in [1.29, 1.82) is 0 Å². The maximum atomic E-state index is 13.3. The molecule has 37 heavy (non-hydrogen) atoms. The Labute approximate surface area is 216 Å². The topological polar surface area (TPSA) is 156 Å². The van der Waals surface area contributed by atoms with Crippen LogP contribution in [0.15, 0.2) is 52.3 Å². The SMILES string of the molecule is NS(=O)(=O)c1ccc(CCNC(=O)CN2C(=O)COc3ccc(S(=O)(=O)N4CCCCCC4)cc32)cc1. The summed E-state index contributed by atoms with van der Waals surface area (Å²) in [6, 6.07) is 10.4. The zero-order valence-corrected chi connectivity index (χ0v) is 21.9. The normalized spacial score (nSPS) is 17.0. The van der Waals surface area contributed by atoms with E-state index >= 15 is 0 Å². The summed E-state index contributed by atoms with van der Waals surface area (Å²) in [7, 11) is -7.53. The summed E-state index contributed by atoms with van der Waals surface area (Å²) < 4.78 is 56.2. The van der Waals surface area contributed by atoms with Crippen LogP contribution in [0.1, 0.15) is 31.2 Å². The molecule has 0 unspecified atom stereocenters. The Balaban J connectivity index is 1.43. The van der Waals surface area contributed by atoms with E-state index in [1.807, 2.05) is 0 Å². The van der Waals surface area contributed by atoms with E-state index in [4.69, 9.17) is 9.88 Å². The minimum Gasteiger partial charge on any atom is -0.482 e. The van der Waals surface area contributed by atoms with Crippen molar-refractivity contribution in [3.8, 4) is 5.75 Å². The minimum atomic E-state index is -3.78. The van der Waals surface area contributed by atoms with Gasteiger partial charge in [0, 0.05) is 19.6 Å². The summed E-state index contributed by atoms with van der Waals surface area (Å²) in [6.07, 6.45) is 4.01. The summed E-state index contributed by atoms with van der Waals surface area (Å²) in [5.41, 5.74) is 1.03. The lowest BCUT2D eigenvalue weighted by molar-refractivity contribution is -0.125. The Bertz CT molecular complexity index is 1370. The number of hydrogen-bond acceptors (Lipinski definition) is 7. The maximum absolute atomic E-state index is 13.3. The van der Waals surface area contributed by atoms with Crippen LogP contribution in [0.3, 0.4) is 0 Å². The van der Waals surface area contributed by atoms with Crippen LogP contribution in [0, 0.1) is 0 Å². The van der Waals surface area contributed by atoms with Gasteiger partial charge >= 0.3 is 0 Å². The van der Waals surface area contributed by atoms with Gasteiger partial charge in [0.05, 0.1) is 15.5 Å². The number of ether oxygens (including phenoxy) is 1. The third-order valence-electron chi connectivity index (χ3n) is 6.37. The number of nitrogens with zero attached hydrogens (tertiary/aromatic N) is 2. The molecular weight excluding hydrogens is 520 g/mol. The smallest absolute Gasteiger partial charge is 0.265 e. The minimum absolute atomic E-state index is 0.00186. The van der Waals surface area contributed by atoms with Gasteiger partial charge in [-0.05, 0) is 55.2 Å². The van der Waals surface area contributed by atoms with Gasteiger partial charge in [0.25, 0.3) is 5.91 Å². The number of nitrogens with one attached hydrogen (secondary N) is 1. The molecule has 0 saturated carbocycles. The van der Waals surface area contributed by atoms with Gasteiger partial charge in [0.15, 0.2) is 6.61 Å². The number of carbonyl (C=O) groups is 2. The largest absolute Gasteiger partial charge is 0.482 e. The molecule has 4 rings (SSSR count). The summed E-state index contributed by atoms with van der Waals surface area (Å²) in [5.74, 6) is -0.550. The van der Waals surface area contributed by atoms with Crippen LogP contribution in [0.25, 0.3) is 0 Å². The molecule has 3 N–H and O–H groups in total. The number of carbonyl (C=O) groups excluding carboxylic acids is 2. The first kappa shape index (κ1) is 27.0. The first-order chi connectivity index (χ1) is 17.6. The van der Waals surface area contributed by atoms with E-state index in [1.165, 1.54) is 39.5 Å². The van der Waals surface area contributed by atoms with Crippen LogP contribution >= 0.6 is 0 Å². The molecule has 0 spiro atoms. The number of rotatable bonds is 8. The van der Waals surface area contributed by atoms with Crippen LogP contribution in [0.5, 0.6) is 5.75 Å². The van der Waals surface area contributed by atoms with Crippen molar-refractivity contribution in [2.24, 2.45) is 5.14 Å². The second-order valence-corrected chi connectivity index (χ2v) is 12.5. The molecule has 1 fully saturated rings. The lowest BCUT2D eigenvalue weighted by Gasteiger charge is -2.30. The van der Waals surface area contributed by atoms with Gasteiger partial charge in [-0.1, -0.05) is 25.0 Å². The number of sulfonamides is 2. The number of amides is 2. The second kappa shape index (κ2) is 11.2. The molecule has 2 heterocycles. The predicted molar refractivity (Wildman–Crippen MR) is 136 cm³/mol. The second-order valence-electron chi connectivity index (χ2n) is 9.01. The number of nitrogens with two attached hydrogens (primary N) is 1. The van der Waals surface area contributed by atoms with Gasteiger partial charge in [-0.15, -0.1) is 0 Å². The van der Waals surface area contributed by atoms with Gasteiger partial charge in [-0.2, -0.15) is 4.31 Å². The van der Waals surface area contributed by atoms with Gasteiger partial charge in [-0.3, -0.25) is 14.5 Å². The number of hydrogen-bond donors (Lipinski definition) is 2. The average molecular weight is 551 g/mol. The molecule has 2 amide bonds. The summed E-state index contributed by atoms with van der Waals surface area (Å²) in [6.45, 7) is 0.599. The molecule has 0 atom stereocenters. The van der Waals surface area contributed by atoms with Gasteiger partial charge in [-0.25, -0.2) is 22.0 Å². The van der Waals surface area contributed by atoms with Crippen LogP contribution in [-0.2, 0) is 36.1 Å². The number of anilines is 1. The third-order valence-corrected chi connectivity index (χ3v) is 9.19. The van der Waals surface area contributed by atoms with Crippen molar-refractivity contribution >= 4 is 37.5 Å².